The lowest BCUT2D eigenvalue weighted by atomic mass is 10.3. The zero-order valence-electron chi connectivity index (χ0n) is 12.0. The van der Waals surface area contributed by atoms with Crippen LogP contribution in [0, 0.1) is 6.92 Å². The fourth-order valence-corrected chi connectivity index (χ4v) is 2.39. The second-order valence-corrected chi connectivity index (χ2v) is 5.05. The Morgan fingerprint density at radius 3 is 2.84 bits per heavy atom. The predicted molar refractivity (Wildman–Crippen MR) is 81.0 cm³/mol. The number of hydrogen-bond donors (Lipinski definition) is 2. The fraction of sp³-hybridized carbons (Fsp3) is 0.692. The van der Waals surface area contributed by atoms with Gasteiger partial charge in [-0.2, -0.15) is 0 Å². The predicted octanol–water partition coefficient (Wildman–Crippen LogP) is 1.59. The largest absolute Gasteiger partial charge is 0.380 e. The molecule has 0 atom stereocenters. The third-order valence-electron chi connectivity index (χ3n) is 2.49. The number of thiazole rings is 1. The summed E-state index contributed by atoms with van der Waals surface area (Å²) in [7, 11) is 1.78. The number of aryl methyl sites for hydroxylation is 2. The van der Waals surface area contributed by atoms with Crippen LogP contribution in [0.1, 0.15) is 24.0 Å². The fourth-order valence-electron chi connectivity index (χ4n) is 1.57. The van der Waals surface area contributed by atoms with Crippen molar-refractivity contribution in [1.29, 1.82) is 0 Å². The number of hydrogen-bond acceptors (Lipinski definition) is 4. The van der Waals surface area contributed by atoms with Gasteiger partial charge in [0, 0.05) is 44.2 Å². The van der Waals surface area contributed by atoms with Crippen LogP contribution in [-0.2, 0) is 11.2 Å². The Kier molecular flexibility index (Phi) is 8.16. The minimum absolute atomic E-state index is 0.704. The van der Waals surface area contributed by atoms with Crippen LogP contribution < -0.4 is 10.6 Å². The van der Waals surface area contributed by atoms with Crippen molar-refractivity contribution < 1.29 is 4.74 Å². The van der Waals surface area contributed by atoms with E-state index in [4.69, 9.17) is 4.74 Å². The molecule has 2 N–H and O–H groups in total. The van der Waals surface area contributed by atoms with E-state index in [-0.39, 0.29) is 0 Å². The molecule has 0 amide bonds. The number of aromatic nitrogens is 1. The molecule has 0 aliphatic heterocycles. The molecule has 0 spiro atoms. The molecule has 0 aliphatic rings. The van der Waals surface area contributed by atoms with E-state index in [9.17, 15) is 0 Å². The summed E-state index contributed by atoms with van der Waals surface area (Å²) in [6, 6.07) is 0. The molecule has 0 unspecified atom stereocenters. The summed E-state index contributed by atoms with van der Waals surface area (Å²) in [4.78, 5) is 8.61. The summed E-state index contributed by atoms with van der Waals surface area (Å²) < 4.78 is 5.26. The molecule has 108 valence electrons. The smallest absolute Gasteiger partial charge is 0.191 e. The first-order valence-electron chi connectivity index (χ1n) is 6.69. The normalized spacial score (nSPS) is 11.6. The molecule has 0 aromatic carbocycles. The lowest BCUT2D eigenvalue weighted by molar-refractivity contribution is 0.152. The summed E-state index contributed by atoms with van der Waals surface area (Å²) in [6.45, 7) is 7.15. The maximum atomic E-state index is 5.26. The van der Waals surface area contributed by atoms with Crippen LogP contribution in [-0.4, -0.2) is 44.3 Å². The second-order valence-electron chi connectivity index (χ2n) is 4.11. The molecule has 1 aromatic rings. The van der Waals surface area contributed by atoms with E-state index in [1.807, 2.05) is 13.8 Å². The lowest BCUT2D eigenvalue weighted by Gasteiger charge is -2.11. The molecule has 1 aromatic heterocycles. The molecule has 1 rings (SSSR count). The van der Waals surface area contributed by atoms with E-state index in [1.54, 1.807) is 18.4 Å². The molecule has 0 bridgehead atoms. The molecule has 0 saturated heterocycles. The van der Waals surface area contributed by atoms with Gasteiger partial charge in [0.2, 0.25) is 0 Å². The lowest BCUT2D eigenvalue weighted by Crippen LogP contribution is -2.39. The zero-order chi connectivity index (χ0) is 13.9. The molecule has 1 heterocycles. The molecule has 5 nitrogen and oxygen atoms in total. The molecule has 0 fully saturated rings. The van der Waals surface area contributed by atoms with Crippen molar-refractivity contribution in [1.82, 2.24) is 15.6 Å². The zero-order valence-corrected chi connectivity index (χ0v) is 12.8. The first-order valence-corrected chi connectivity index (χ1v) is 7.57. The van der Waals surface area contributed by atoms with Crippen LogP contribution in [0.4, 0.5) is 0 Å². The van der Waals surface area contributed by atoms with E-state index in [0.29, 0.717) is 6.61 Å². The van der Waals surface area contributed by atoms with E-state index in [1.165, 1.54) is 5.01 Å². The molecule has 0 radical (unpaired) electrons. The molecular formula is C13H24N4OS. The van der Waals surface area contributed by atoms with Crippen molar-refractivity contribution >= 4 is 17.3 Å². The topological polar surface area (TPSA) is 58.5 Å². The van der Waals surface area contributed by atoms with Gasteiger partial charge in [-0.1, -0.05) is 0 Å². The van der Waals surface area contributed by atoms with Crippen molar-refractivity contribution in [2.45, 2.75) is 26.7 Å². The van der Waals surface area contributed by atoms with Crippen LogP contribution in [0.2, 0.25) is 0 Å². The van der Waals surface area contributed by atoms with Crippen molar-refractivity contribution in [2.24, 2.45) is 4.99 Å². The average molecular weight is 284 g/mol. The Balaban J connectivity index is 2.09. The second kappa shape index (κ2) is 9.75. The maximum absolute atomic E-state index is 5.26. The van der Waals surface area contributed by atoms with Crippen LogP contribution in [0.5, 0.6) is 0 Å². The van der Waals surface area contributed by atoms with Gasteiger partial charge >= 0.3 is 0 Å². The number of ether oxygens (including phenoxy) is 1. The third kappa shape index (κ3) is 7.12. The molecular weight excluding hydrogens is 260 g/mol. The van der Waals surface area contributed by atoms with Gasteiger partial charge in [-0.05, 0) is 20.3 Å². The SMILES string of the molecule is CCOCCNC(=NC)NCCCc1nc(C)cs1. The van der Waals surface area contributed by atoms with Crippen molar-refractivity contribution in [3.63, 3.8) is 0 Å². The Bertz CT molecular complexity index is 378. The van der Waals surface area contributed by atoms with Gasteiger partial charge in [-0.25, -0.2) is 4.98 Å². The minimum atomic E-state index is 0.704. The van der Waals surface area contributed by atoms with Crippen LogP contribution in [0.3, 0.4) is 0 Å². The highest BCUT2D eigenvalue weighted by Gasteiger charge is 2.00. The highest BCUT2D eigenvalue weighted by atomic mass is 32.1. The Labute approximate surface area is 119 Å². The number of guanidine groups is 1. The summed E-state index contributed by atoms with van der Waals surface area (Å²) in [6.07, 6.45) is 2.07. The minimum Gasteiger partial charge on any atom is -0.380 e. The van der Waals surface area contributed by atoms with E-state index >= 15 is 0 Å². The van der Waals surface area contributed by atoms with Gasteiger partial charge in [0.1, 0.15) is 0 Å². The van der Waals surface area contributed by atoms with Crippen molar-refractivity contribution in [3.8, 4) is 0 Å². The van der Waals surface area contributed by atoms with Crippen molar-refractivity contribution in [3.05, 3.63) is 16.1 Å². The first-order chi connectivity index (χ1) is 9.26. The van der Waals surface area contributed by atoms with E-state index in [0.717, 1.165) is 44.2 Å². The molecule has 0 saturated carbocycles. The van der Waals surface area contributed by atoms with Gasteiger partial charge in [0.25, 0.3) is 0 Å². The number of aliphatic imine (C=N–C) groups is 1. The Morgan fingerprint density at radius 1 is 1.42 bits per heavy atom. The molecule has 0 aliphatic carbocycles. The Hall–Kier alpha value is -1.14. The average Bonchev–Trinajstić information content (AvgIpc) is 2.82. The maximum Gasteiger partial charge on any atom is 0.191 e. The van der Waals surface area contributed by atoms with Gasteiger partial charge in [0.05, 0.1) is 11.6 Å². The van der Waals surface area contributed by atoms with E-state index in [2.05, 4.69) is 26.0 Å². The van der Waals surface area contributed by atoms with Crippen LogP contribution in [0.15, 0.2) is 10.4 Å². The summed E-state index contributed by atoms with van der Waals surface area (Å²) in [5.41, 5.74) is 1.11. The van der Waals surface area contributed by atoms with Gasteiger partial charge < -0.3 is 15.4 Å². The summed E-state index contributed by atoms with van der Waals surface area (Å²) in [5.74, 6) is 0.829. The van der Waals surface area contributed by atoms with E-state index < -0.39 is 0 Å². The highest BCUT2D eigenvalue weighted by Crippen LogP contribution is 2.10. The van der Waals surface area contributed by atoms with Crippen molar-refractivity contribution in [2.75, 3.05) is 33.4 Å². The molecule has 6 heteroatoms. The van der Waals surface area contributed by atoms with Gasteiger partial charge in [-0.3, -0.25) is 4.99 Å². The highest BCUT2D eigenvalue weighted by molar-refractivity contribution is 7.09. The summed E-state index contributed by atoms with van der Waals surface area (Å²) >= 11 is 1.73. The first kappa shape index (κ1) is 15.9. The monoisotopic (exact) mass is 284 g/mol. The number of nitrogens with one attached hydrogen (secondary N) is 2. The molecule has 19 heavy (non-hydrogen) atoms. The number of rotatable bonds is 8. The van der Waals surface area contributed by atoms with Gasteiger partial charge in [0.15, 0.2) is 5.96 Å². The standard InChI is InChI=1S/C13H24N4OS/c1-4-18-9-8-16-13(14-3)15-7-5-6-12-17-11(2)10-19-12/h10H,4-9H2,1-3H3,(H2,14,15,16). The summed E-state index contributed by atoms with van der Waals surface area (Å²) in [5, 5.41) is 9.79. The van der Waals surface area contributed by atoms with Crippen LogP contribution >= 0.6 is 11.3 Å². The van der Waals surface area contributed by atoms with Crippen LogP contribution in [0.25, 0.3) is 0 Å². The van der Waals surface area contributed by atoms with Gasteiger partial charge in [-0.15, -0.1) is 11.3 Å². The third-order valence-corrected chi connectivity index (χ3v) is 3.52. The quantitative estimate of drug-likeness (QED) is 0.432. The number of nitrogens with zero attached hydrogens (tertiary/aromatic N) is 2. The Morgan fingerprint density at radius 2 is 2.21 bits per heavy atom.